The molecule has 0 saturated heterocycles. The van der Waals surface area contributed by atoms with Gasteiger partial charge in [-0.2, -0.15) is 0 Å². The molecule has 0 saturated carbocycles. The van der Waals surface area contributed by atoms with Gasteiger partial charge in [-0.15, -0.1) is 0 Å². The van der Waals surface area contributed by atoms with E-state index in [1.807, 2.05) is 37.4 Å². The van der Waals surface area contributed by atoms with Gasteiger partial charge in [0.1, 0.15) is 0 Å². The Morgan fingerprint density at radius 2 is 1.70 bits per heavy atom. The molecule has 0 aromatic heterocycles. The number of benzene rings is 2. The van der Waals surface area contributed by atoms with E-state index >= 15 is 0 Å². The fraction of sp³-hybridized carbons (Fsp3) is 0.350. The fourth-order valence-electron chi connectivity index (χ4n) is 2.82. The zero-order chi connectivity index (χ0) is 19.8. The lowest BCUT2D eigenvalue weighted by atomic mass is 10.1. The number of methoxy groups -OCH3 is 3. The molecule has 2 rings (SSSR count). The number of hydrogen-bond donors (Lipinski definition) is 1. The second-order valence-corrected chi connectivity index (χ2v) is 6.70. The lowest BCUT2D eigenvalue weighted by Gasteiger charge is -2.23. The number of nitrogens with one attached hydrogen (secondary N) is 1. The van der Waals surface area contributed by atoms with E-state index in [2.05, 4.69) is 37.2 Å². The molecule has 2 aromatic carbocycles. The molecule has 0 aliphatic carbocycles. The topological polar surface area (TPSA) is 55.3 Å². The Bertz CT molecular complexity index is 796. The molecular formula is C20H26BrN3O3. The first-order chi connectivity index (χ1) is 13.0. The summed E-state index contributed by atoms with van der Waals surface area (Å²) in [7, 11) is 8.59. The predicted molar refractivity (Wildman–Crippen MR) is 112 cm³/mol. The molecule has 0 unspecified atom stereocenters. The third-order valence-electron chi connectivity index (χ3n) is 4.16. The van der Waals surface area contributed by atoms with E-state index in [0.717, 1.165) is 22.5 Å². The Hall–Kier alpha value is -2.41. The van der Waals surface area contributed by atoms with Gasteiger partial charge in [0, 0.05) is 37.2 Å². The van der Waals surface area contributed by atoms with Crippen LogP contribution in [0.4, 0.5) is 0 Å². The van der Waals surface area contributed by atoms with Crippen molar-refractivity contribution in [3.63, 3.8) is 0 Å². The molecule has 0 amide bonds. The van der Waals surface area contributed by atoms with E-state index in [1.165, 1.54) is 5.56 Å². The average Bonchev–Trinajstić information content (AvgIpc) is 2.69. The van der Waals surface area contributed by atoms with E-state index in [-0.39, 0.29) is 0 Å². The summed E-state index contributed by atoms with van der Waals surface area (Å²) >= 11 is 3.59. The highest BCUT2D eigenvalue weighted by Gasteiger charge is 2.16. The molecule has 0 bridgehead atoms. The van der Waals surface area contributed by atoms with Gasteiger partial charge in [0.05, 0.1) is 21.3 Å². The van der Waals surface area contributed by atoms with E-state index in [0.29, 0.717) is 23.8 Å². The maximum Gasteiger partial charge on any atom is 0.203 e. The Kier molecular flexibility index (Phi) is 7.79. The predicted octanol–water partition coefficient (Wildman–Crippen LogP) is 3.68. The van der Waals surface area contributed by atoms with Crippen LogP contribution in [0.3, 0.4) is 0 Å². The zero-order valence-electron chi connectivity index (χ0n) is 16.4. The van der Waals surface area contributed by atoms with Gasteiger partial charge in [0.2, 0.25) is 5.75 Å². The summed E-state index contributed by atoms with van der Waals surface area (Å²) in [6.07, 6.45) is 0. The minimum atomic E-state index is 0.538. The molecule has 0 fully saturated rings. The van der Waals surface area contributed by atoms with Crippen molar-refractivity contribution in [3.05, 3.63) is 52.0 Å². The number of guanidine groups is 1. The number of rotatable bonds is 7. The SMILES string of the molecule is CN=C(NCc1ccc(OC)c(OC)c1OC)N(C)Cc1ccccc1Br. The second-order valence-electron chi connectivity index (χ2n) is 5.84. The van der Waals surface area contributed by atoms with Crippen molar-refractivity contribution >= 4 is 21.9 Å². The molecule has 146 valence electrons. The number of aliphatic imine (C=N–C) groups is 1. The summed E-state index contributed by atoms with van der Waals surface area (Å²) in [5.74, 6) is 2.64. The van der Waals surface area contributed by atoms with Crippen molar-refractivity contribution in [3.8, 4) is 17.2 Å². The van der Waals surface area contributed by atoms with Gasteiger partial charge in [-0.1, -0.05) is 34.1 Å². The summed E-state index contributed by atoms with van der Waals surface area (Å²) < 4.78 is 17.4. The van der Waals surface area contributed by atoms with Gasteiger partial charge >= 0.3 is 0 Å². The molecule has 0 heterocycles. The summed E-state index contributed by atoms with van der Waals surface area (Å²) in [5.41, 5.74) is 2.14. The van der Waals surface area contributed by atoms with Gasteiger partial charge in [-0.25, -0.2) is 0 Å². The molecular weight excluding hydrogens is 410 g/mol. The number of hydrogen-bond acceptors (Lipinski definition) is 4. The third kappa shape index (κ3) is 5.07. The molecule has 0 atom stereocenters. The monoisotopic (exact) mass is 435 g/mol. The molecule has 2 aromatic rings. The highest BCUT2D eigenvalue weighted by molar-refractivity contribution is 9.10. The Balaban J connectivity index is 2.13. The van der Waals surface area contributed by atoms with Crippen molar-refractivity contribution in [1.82, 2.24) is 10.2 Å². The summed E-state index contributed by atoms with van der Waals surface area (Å²) in [4.78, 5) is 6.44. The van der Waals surface area contributed by atoms with Crippen molar-refractivity contribution in [2.24, 2.45) is 4.99 Å². The standard InChI is InChI=1S/C20H26BrN3O3/c1-22-20(24(2)13-15-8-6-7-9-16(15)21)23-12-14-10-11-17(25-3)19(27-5)18(14)26-4/h6-11H,12-13H2,1-5H3,(H,22,23). The van der Waals surface area contributed by atoms with Gasteiger partial charge in [0.25, 0.3) is 0 Å². The first-order valence-corrected chi connectivity index (χ1v) is 9.28. The van der Waals surface area contributed by atoms with Crippen molar-refractivity contribution in [1.29, 1.82) is 0 Å². The maximum atomic E-state index is 5.54. The summed E-state index contributed by atoms with van der Waals surface area (Å²) in [6, 6.07) is 12.0. The molecule has 0 radical (unpaired) electrons. The van der Waals surface area contributed by atoms with Crippen molar-refractivity contribution < 1.29 is 14.2 Å². The molecule has 0 aliphatic rings. The van der Waals surface area contributed by atoms with Crippen LogP contribution in [0.15, 0.2) is 45.9 Å². The quantitative estimate of drug-likeness (QED) is 0.530. The number of nitrogens with zero attached hydrogens (tertiary/aromatic N) is 2. The van der Waals surface area contributed by atoms with Crippen LogP contribution in [0.25, 0.3) is 0 Å². The molecule has 0 aliphatic heterocycles. The van der Waals surface area contributed by atoms with Crippen LogP contribution in [0.1, 0.15) is 11.1 Å². The molecule has 27 heavy (non-hydrogen) atoms. The Morgan fingerprint density at radius 3 is 2.30 bits per heavy atom. The van der Waals surface area contributed by atoms with Gasteiger partial charge in [-0.05, 0) is 23.8 Å². The van der Waals surface area contributed by atoms with Crippen LogP contribution in [0, 0.1) is 0 Å². The maximum absolute atomic E-state index is 5.54. The van der Waals surface area contributed by atoms with Crippen LogP contribution < -0.4 is 19.5 Å². The third-order valence-corrected chi connectivity index (χ3v) is 4.94. The van der Waals surface area contributed by atoms with Crippen LogP contribution >= 0.6 is 15.9 Å². The van der Waals surface area contributed by atoms with E-state index < -0.39 is 0 Å². The van der Waals surface area contributed by atoms with Crippen LogP contribution in [-0.2, 0) is 13.1 Å². The number of ether oxygens (including phenoxy) is 3. The van der Waals surface area contributed by atoms with Crippen molar-refractivity contribution in [2.45, 2.75) is 13.1 Å². The smallest absolute Gasteiger partial charge is 0.203 e. The Morgan fingerprint density at radius 1 is 1.00 bits per heavy atom. The summed E-state index contributed by atoms with van der Waals surface area (Å²) in [5, 5.41) is 3.37. The van der Waals surface area contributed by atoms with E-state index in [4.69, 9.17) is 14.2 Å². The minimum absolute atomic E-state index is 0.538. The van der Waals surface area contributed by atoms with E-state index in [1.54, 1.807) is 28.4 Å². The highest BCUT2D eigenvalue weighted by atomic mass is 79.9. The van der Waals surface area contributed by atoms with Crippen LogP contribution in [-0.4, -0.2) is 46.3 Å². The van der Waals surface area contributed by atoms with Crippen molar-refractivity contribution in [2.75, 3.05) is 35.4 Å². The Labute approximate surface area is 169 Å². The normalized spacial score (nSPS) is 11.1. The molecule has 0 spiro atoms. The first-order valence-electron chi connectivity index (χ1n) is 8.48. The van der Waals surface area contributed by atoms with Gasteiger partial charge in [0.15, 0.2) is 17.5 Å². The van der Waals surface area contributed by atoms with Gasteiger partial charge < -0.3 is 24.4 Å². The van der Waals surface area contributed by atoms with Gasteiger partial charge in [-0.3, -0.25) is 4.99 Å². The lowest BCUT2D eigenvalue weighted by molar-refractivity contribution is 0.322. The van der Waals surface area contributed by atoms with E-state index in [9.17, 15) is 0 Å². The zero-order valence-corrected chi connectivity index (χ0v) is 18.0. The van der Waals surface area contributed by atoms with Crippen LogP contribution in [0.5, 0.6) is 17.2 Å². The fourth-order valence-corrected chi connectivity index (χ4v) is 3.23. The first kappa shape index (κ1) is 20.9. The molecule has 1 N–H and O–H groups in total. The largest absolute Gasteiger partial charge is 0.493 e. The van der Waals surface area contributed by atoms with Crippen LogP contribution in [0.2, 0.25) is 0 Å². The highest BCUT2D eigenvalue weighted by Crippen LogP contribution is 2.39. The summed E-state index contributed by atoms with van der Waals surface area (Å²) in [6.45, 7) is 1.26. The minimum Gasteiger partial charge on any atom is -0.493 e. The average molecular weight is 436 g/mol. The molecule has 7 heteroatoms. The molecule has 6 nitrogen and oxygen atoms in total. The second kappa shape index (κ2) is 10.1. The lowest BCUT2D eigenvalue weighted by Crippen LogP contribution is -2.38. The number of halogens is 1.